The van der Waals surface area contributed by atoms with E-state index in [0.29, 0.717) is 0 Å². The fourth-order valence-electron chi connectivity index (χ4n) is 2.48. The monoisotopic (exact) mass is 386 g/mol. The van der Waals surface area contributed by atoms with E-state index in [9.17, 15) is 13.2 Å². The van der Waals surface area contributed by atoms with Crippen LogP contribution >= 0.6 is 0 Å². The van der Waals surface area contributed by atoms with Crippen molar-refractivity contribution in [1.82, 2.24) is 19.7 Å². The highest BCUT2D eigenvalue weighted by molar-refractivity contribution is 7.92. The van der Waals surface area contributed by atoms with E-state index in [2.05, 4.69) is 20.4 Å². The third-order valence-electron chi connectivity index (χ3n) is 3.92. The Morgan fingerprint density at radius 2 is 1.78 bits per heavy atom. The predicted octanol–water partition coefficient (Wildman–Crippen LogP) is 1.60. The number of nitrogens with one attached hydrogen (secondary N) is 1. The molecule has 0 spiro atoms. The van der Waals surface area contributed by atoms with Crippen LogP contribution in [-0.4, -0.2) is 41.1 Å². The summed E-state index contributed by atoms with van der Waals surface area (Å²) in [5.41, 5.74) is 1.03. The predicted molar refractivity (Wildman–Crippen MR) is 100.0 cm³/mol. The Morgan fingerprint density at radius 3 is 2.41 bits per heavy atom. The second-order valence-electron chi connectivity index (χ2n) is 5.82. The average Bonchev–Trinajstić information content (AvgIpc) is 3.03. The van der Waals surface area contributed by atoms with Gasteiger partial charge in [0.05, 0.1) is 11.1 Å². The van der Waals surface area contributed by atoms with E-state index in [1.165, 1.54) is 42.5 Å². The molecule has 0 aliphatic carbocycles. The molecule has 0 aliphatic rings. The van der Waals surface area contributed by atoms with Crippen LogP contribution in [0.1, 0.15) is 15.9 Å². The van der Waals surface area contributed by atoms with Gasteiger partial charge in [-0.2, -0.15) is 5.10 Å². The molecule has 9 nitrogen and oxygen atoms in total. The molecular weight excluding hydrogens is 368 g/mol. The molecule has 1 amide bonds. The summed E-state index contributed by atoms with van der Waals surface area (Å²) in [6, 6.07) is 8.09. The van der Waals surface area contributed by atoms with Crippen molar-refractivity contribution in [2.24, 2.45) is 7.05 Å². The van der Waals surface area contributed by atoms with Crippen LogP contribution in [0.15, 0.2) is 53.8 Å². The Kier molecular flexibility index (Phi) is 4.91. The van der Waals surface area contributed by atoms with Crippen molar-refractivity contribution in [3.63, 3.8) is 0 Å². The number of anilines is 2. The first-order valence-electron chi connectivity index (χ1n) is 7.96. The quantitative estimate of drug-likeness (QED) is 0.713. The van der Waals surface area contributed by atoms with Crippen molar-refractivity contribution < 1.29 is 13.2 Å². The molecule has 140 valence electrons. The van der Waals surface area contributed by atoms with Crippen LogP contribution in [0.25, 0.3) is 0 Å². The molecular formula is C17H18N6O3S. The van der Waals surface area contributed by atoms with Gasteiger partial charge in [-0.3, -0.25) is 19.1 Å². The number of hydrogen-bond acceptors (Lipinski definition) is 6. The second kappa shape index (κ2) is 7.16. The van der Waals surface area contributed by atoms with E-state index in [1.54, 1.807) is 25.2 Å². The van der Waals surface area contributed by atoms with Gasteiger partial charge in [0, 0.05) is 26.5 Å². The summed E-state index contributed by atoms with van der Waals surface area (Å²) >= 11 is 0. The number of aromatic nitrogens is 4. The van der Waals surface area contributed by atoms with Gasteiger partial charge in [0.2, 0.25) is 5.95 Å². The maximum absolute atomic E-state index is 13.0. The topological polar surface area (TPSA) is 110 Å². The van der Waals surface area contributed by atoms with Crippen LogP contribution in [0.3, 0.4) is 0 Å². The molecule has 0 unspecified atom stereocenters. The number of amides is 1. The smallest absolute Gasteiger partial charge is 0.265 e. The minimum Gasteiger partial charge on any atom is -0.290 e. The number of carbonyl (C=O) groups excluding carboxylic acids is 1. The van der Waals surface area contributed by atoms with Crippen LogP contribution in [0.5, 0.6) is 0 Å². The fourth-order valence-corrected chi connectivity index (χ4v) is 3.72. The Morgan fingerprint density at radius 1 is 1.15 bits per heavy atom. The first-order valence-corrected chi connectivity index (χ1v) is 9.40. The van der Waals surface area contributed by atoms with Crippen LogP contribution in [0, 0.1) is 6.92 Å². The van der Waals surface area contributed by atoms with E-state index < -0.39 is 15.9 Å². The number of aryl methyl sites for hydroxylation is 2. The summed E-state index contributed by atoms with van der Waals surface area (Å²) in [6.07, 6.45) is 4.27. The first kappa shape index (κ1) is 18.5. The van der Waals surface area contributed by atoms with Gasteiger partial charge in [-0.1, -0.05) is 17.7 Å². The molecule has 1 N–H and O–H groups in total. The normalized spacial score (nSPS) is 11.2. The molecule has 0 radical (unpaired) electrons. The zero-order valence-corrected chi connectivity index (χ0v) is 15.8. The molecule has 27 heavy (non-hydrogen) atoms. The van der Waals surface area contributed by atoms with Gasteiger partial charge in [0.25, 0.3) is 15.9 Å². The second-order valence-corrected chi connectivity index (χ2v) is 7.79. The molecule has 0 saturated carbocycles. The highest BCUT2D eigenvalue weighted by Crippen LogP contribution is 2.25. The molecule has 2 aromatic heterocycles. The van der Waals surface area contributed by atoms with Crippen LogP contribution in [0.2, 0.25) is 0 Å². The van der Waals surface area contributed by atoms with E-state index in [1.807, 2.05) is 6.92 Å². The van der Waals surface area contributed by atoms with Crippen LogP contribution in [-0.2, 0) is 17.1 Å². The lowest BCUT2D eigenvalue weighted by Crippen LogP contribution is -2.30. The Bertz CT molecular complexity index is 1060. The molecule has 3 aromatic rings. The summed E-state index contributed by atoms with van der Waals surface area (Å²) < 4.78 is 28.3. The van der Waals surface area contributed by atoms with Crippen LogP contribution in [0.4, 0.5) is 11.8 Å². The summed E-state index contributed by atoms with van der Waals surface area (Å²) in [6.45, 7) is 1.87. The Labute approximate surface area is 156 Å². The molecule has 1 aromatic carbocycles. The van der Waals surface area contributed by atoms with Crippen molar-refractivity contribution in [3.05, 3.63) is 60.0 Å². The number of rotatable bonds is 5. The molecule has 0 aliphatic heterocycles. The van der Waals surface area contributed by atoms with Crippen molar-refractivity contribution in [3.8, 4) is 0 Å². The first-order chi connectivity index (χ1) is 12.8. The van der Waals surface area contributed by atoms with Gasteiger partial charge in [0.1, 0.15) is 5.56 Å². The van der Waals surface area contributed by atoms with Gasteiger partial charge < -0.3 is 0 Å². The molecule has 3 rings (SSSR count). The lowest BCUT2D eigenvalue weighted by molar-refractivity contribution is 0.102. The number of hydrogen-bond donors (Lipinski definition) is 1. The molecule has 10 heteroatoms. The van der Waals surface area contributed by atoms with E-state index in [-0.39, 0.29) is 22.2 Å². The zero-order valence-electron chi connectivity index (χ0n) is 15.0. The minimum absolute atomic E-state index is 0.0862. The van der Waals surface area contributed by atoms with Crippen molar-refractivity contribution in [2.75, 3.05) is 16.7 Å². The number of carbonyl (C=O) groups is 1. The van der Waals surface area contributed by atoms with Crippen molar-refractivity contribution in [1.29, 1.82) is 0 Å². The third kappa shape index (κ3) is 3.65. The standard InChI is InChI=1S/C17H18N6O3S/c1-12-5-7-13(8-6-12)27(25,26)23(3)16-14(11-20-22(16)2)15(24)21-17-18-9-4-10-19-17/h4-11H,1-3H3,(H,18,19,21,24). The van der Waals surface area contributed by atoms with Crippen LogP contribution < -0.4 is 9.62 Å². The third-order valence-corrected chi connectivity index (χ3v) is 5.68. The maximum Gasteiger partial charge on any atom is 0.265 e. The molecule has 0 atom stereocenters. The SMILES string of the molecule is Cc1ccc(S(=O)(=O)N(C)c2c(C(=O)Nc3ncccn3)cnn2C)cc1. The number of nitrogens with zero attached hydrogens (tertiary/aromatic N) is 5. The summed E-state index contributed by atoms with van der Waals surface area (Å²) in [7, 11) is -0.930. The Balaban J connectivity index is 1.96. The number of benzene rings is 1. The fraction of sp³-hybridized carbons (Fsp3) is 0.176. The summed E-state index contributed by atoms with van der Waals surface area (Å²) in [4.78, 5) is 20.6. The minimum atomic E-state index is -3.87. The average molecular weight is 386 g/mol. The van der Waals surface area contributed by atoms with E-state index >= 15 is 0 Å². The van der Waals surface area contributed by atoms with Gasteiger partial charge in [-0.15, -0.1) is 0 Å². The Hall–Kier alpha value is -3.27. The maximum atomic E-state index is 13.0. The highest BCUT2D eigenvalue weighted by atomic mass is 32.2. The molecule has 2 heterocycles. The van der Waals surface area contributed by atoms with Gasteiger partial charge in [0.15, 0.2) is 5.82 Å². The molecule has 0 bridgehead atoms. The molecule has 0 fully saturated rings. The van der Waals surface area contributed by atoms with Gasteiger partial charge >= 0.3 is 0 Å². The molecule has 0 saturated heterocycles. The summed E-state index contributed by atoms with van der Waals surface area (Å²) in [5.74, 6) is -0.319. The van der Waals surface area contributed by atoms with Crippen molar-refractivity contribution >= 4 is 27.7 Å². The lowest BCUT2D eigenvalue weighted by atomic mass is 10.2. The van der Waals surface area contributed by atoms with E-state index in [4.69, 9.17) is 0 Å². The number of sulfonamides is 1. The van der Waals surface area contributed by atoms with E-state index in [0.717, 1.165) is 9.87 Å². The lowest BCUT2D eigenvalue weighted by Gasteiger charge is -2.20. The van der Waals surface area contributed by atoms with Crippen molar-refractivity contribution in [2.45, 2.75) is 11.8 Å². The zero-order chi connectivity index (χ0) is 19.6. The highest BCUT2D eigenvalue weighted by Gasteiger charge is 2.28. The summed E-state index contributed by atoms with van der Waals surface area (Å²) in [5, 5.41) is 6.56. The van der Waals surface area contributed by atoms with Gasteiger partial charge in [-0.25, -0.2) is 18.4 Å². The largest absolute Gasteiger partial charge is 0.290 e. The van der Waals surface area contributed by atoms with Gasteiger partial charge in [-0.05, 0) is 25.1 Å².